The molecule has 0 aliphatic heterocycles. The van der Waals surface area contributed by atoms with Gasteiger partial charge in [0.15, 0.2) is 0 Å². The van der Waals surface area contributed by atoms with E-state index in [2.05, 4.69) is 15.8 Å². The molecule has 1 aromatic heterocycles. The molecule has 1 atom stereocenters. The average Bonchev–Trinajstić information content (AvgIpc) is 3.79. The van der Waals surface area contributed by atoms with Crippen molar-refractivity contribution < 1.29 is 23.8 Å². The summed E-state index contributed by atoms with van der Waals surface area (Å²) in [5.41, 5.74) is 9.88. The molecular weight excluding hydrogens is 489 g/mol. The number of methoxy groups -OCH3 is 2. The summed E-state index contributed by atoms with van der Waals surface area (Å²) in [6.45, 7) is 2.02. The molecule has 1 heterocycles. The smallest absolute Gasteiger partial charge is 0.251 e. The highest BCUT2D eigenvalue weighted by molar-refractivity contribution is 5.94. The maximum atomic E-state index is 13.9. The number of carbonyl (C=O) groups excluding carboxylic acids is 1. The molecule has 0 radical (unpaired) electrons. The van der Waals surface area contributed by atoms with Crippen LogP contribution in [0.5, 0.6) is 11.5 Å². The summed E-state index contributed by atoms with van der Waals surface area (Å²) in [6.07, 6.45) is 2.77. The highest BCUT2D eigenvalue weighted by atomic mass is 19.1. The summed E-state index contributed by atoms with van der Waals surface area (Å²) in [7, 11) is 3.05. The number of ether oxygens (including phenoxy) is 2. The topological polar surface area (TPSA) is 131 Å². The van der Waals surface area contributed by atoms with Crippen molar-refractivity contribution in [3.8, 4) is 22.8 Å². The minimum absolute atomic E-state index is 0.0332. The van der Waals surface area contributed by atoms with Crippen LogP contribution in [0, 0.1) is 18.7 Å². The number of aliphatic hydroxyl groups is 1. The van der Waals surface area contributed by atoms with Crippen molar-refractivity contribution in [1.82, 2.24) is 15.7 Å². The summed E-state index contributed by atoms with van der Waals surface area (Å²) in [4.78, 5) is 17.8. The Morgan fingerprint density at radius 1 is 1.18 bits per heavy atom. The molecule has 5 N–H and O–H groups in total. The predicted molar refractivity (Wildman–Crippen MR) is 142 cm³/mol. The zero-order chi connectivity index (χ0) is 27.3. The number of hydrazone groups is 1. The minimum Gasteiger partial charge on any atom is -0.496 e. The molecule has 9 nitrogen and oxygen atoms in total. The number of hydrogen-bond acceptors (Lipinski definition) is 7. The van der Waals surface area contributed by atoms with Gasteiger partial charge in [-0.3, -0.25) is 4.79 Å². The molecule has 1 aliphatic rings. The van der Waals surface area contributed by atoms with Gasteiger partial charge in [0.05, 0.1) is 33.0 Å². The molecule has 38 heavy (non-hydrogen) atoms. The fraction of sp³-hybridized carbons (Fsp3) is 0.321. The van der Waals surface area contributed by atoms with Gasteiger partial charge in [0.2, 0.25) is 0 Å². The Hall–Kier alpha value is -4.18. The first-order valence-corrected chi connectivity index (χ1v) is 12.3. The molecule has 4 rings (SSSR count). The van der Waals surface area contributed by atoms with Crippen LogP contribution in [0.2, 0.25) is 0 Å². The lowest BCUT2D eigenvalue weighted by Gasteiger charge is -2.29. The zero-order valence-electron chi connectivity index (χ0n) is 21.6. The molecule has 0 spiro atoms. The van der Waals surface area contributed by atoms with Crippen LogP contribution in [0.3, 0.4) is 0 Å². The van der Waals surface area contributed by atoms with Gasteiger partial charge in [-0.2, -0.15) is 5.10 Å². The van der Waals surface area contributed by atoms with Crippen LogP contribution >= 0.6 is 0 Å². The summed E-state index contributed by atoms with van der Waals surface area (Å²) in [5, 5.41) is 18.4. The van der Waals surface area contributed by atoms with Gasteiger partial charge in [0.1, 0.15) is 34.9 Å². The van der Waals surface area contributed by atoms with Gasteiger partial charge in [0, 0.05) is 16.7 Å². The van der Waals surface area contributed by atoms with Gasteiger partial charge in [0.25, 0.3) is 5.91 Å². The lowest BCUT2D eigenvalue weighted by molar-refractivity contribution is 0.00953. The Morgan fingerprint density at radius 2 is 1.95 bits per heavy atom. The lowest BCUT2D eigenvalue weighted by atomic mass is 9.92. The molecule has 200 valence electrons. The molecule has 1 amide bonds. The minimum atomic E-state index is -1.39. The molecule has 1 aliphatic carbocycles. The predicted octanol–water partition coefficient (Wildman–Crippen LogP) is 3.23. The number of pyridine rings is 1. The SMILES string of the molecule is COc1cc(C(=O)NCC(O)(c2ccc(OC)c(-c3ccc(F)c(C)c3)n2)C2CC2)ccc1CN/N=C\N. The number of benzene rings is 2. The fourth-order valence-electron chi connectivity index (χ4n) is 4.39. The number of amides is 1. The monoisotopic (exact) mass is 521 g/mol. The first kappa shape index (κ1) is 26.9. The highest BCUT2D eigenvalue weighted by Crippen LogP contribution is 2.46. The molecule has 1 unspecified atom stereocenters. The maximum Gasteiger partial charge on any atom is 0.251 e. The van der Waals surface area contributed by atoms with E-state index in [0.717, 1.165) is 24.7 Å². The second-order valence-electron chi connectivity index (χ2n) is 9.23. The van der Waals surface area contributed by atoms with Crippen molar-refractivity contribution in [3.63, 3.8) is 0 Å². The first-order chi connectivity index (χ1) is 18.3. The Kier molecular flexibility index (Phi) is 8.11. The van der Waals surface area contributed by atoms with Crippen LogP contribution in [0.1, 0.15) is 40.0 Å². The van der Waals surface area contributed by atoms with Crippen LogP contribution in [0.25, 0.3) is 11.3 Å². The van der Waals surface area contributed by atoms with Crippen LogP contribution < -0.4 is 25.9 Å². The summed E-state index contributed by atoms with van der Waals surface area (Å²) in [6, 6.07) is 13.2. The Labute approximate surface area is 220 Å². The quantitative estimate of drug-likeness (QED) is 0.173. The van der Waals surface area contributed by atoms with Gasteiger partial charge >= 0.3 is 0 Å². The Bertz CT molecular complexity index is 1340. The number of nitrogens with one attached hydrogen (secondary N) is 2. The molecule has 0 bridgehead atoms. The average molecular weight is 522 g/mol. The Balaban J connectivity index is 1.57. The summed E-state index contributed by atoms with van der Waals surface area (Å²) in [5.74, 6) is 0.292. The van der Waals surface area contributed by atoms with Crippen molar-refractivity contribution in [3.05, 3.63) is 76.7 Å². The molecule has 10 heteroatoms. The molecule has 1 fully saturated rings. The number of aromatic nitrogens is 1. The number of rotatable bonds is 11. The highest BCUT2D eigenvalue weighted by Gasteiger charge is 2.46. The van der Waals surface area contributed by atoms with Crippen LogP contribution in [0.15, 0.2) is 53.6 Å². The lowest BCUT2D eigenvalue weighted by Crippen LogP contribution is -2.43. The maximum absolute atomic E-state index is 13.9. The van der Waals surface area contributed by atoms with E-state index >= 15 is 0 Å². The van der Waals surface area contributed by atoms with Gasteiger partial charge < -0.3 is 31.1 Å². The van der Waals surface area contributed by atoms with Gasteiger partial charge in [-0.05, 0) is 73.7 Å². The second-order valence-corrected chi connectivity index (χ2v) is 9.23. The van der Waals surface area contributed by atoms with Crippen LogP contribution in [-0.4, -0.2) is 43.1 Å². The number of aryl methyl sites for hydroxylation is 1. The third kappa shape index (κ3) is 5.70. The second kappa shape index (κ2) is 11.5. The standard InChI is InChI=1S/C28H32FN5O4/c1-17-12-18(6-9-22(17)29)26-23(37-2)10-11-25(34-26)28(36,21-7-8-21)15-31-27(35)19-4-5-20(14-32-33-16-30)24(13-19)38-3/h4-6,9-13,16,21,32,36H,7-8,14-15H2,1-3H3,(H2,30,33)(H,31,35). The normalized spacial score (nSPS) is 14.7. The van der Waals surface area contributed by atoms with Gasteiger partial charge in [-0.15, -0.1) is 0 Å². The zero-order valence-corrected chi connectivity index (χ0v) is 21.6. The molecule has 3 aromatic rings. The van der Waals surface area contributed by atoms with E-state index in [9.17, 15) is 14.3 Å². The number of halogens is 1. The van der Waals surface area contributed by atoms with Crippen LogP contribution in [0.4, 0.5) is 4.39 Å². The number of carbonyl (C=O) groups is 1. The Morgan fingerprint density at radius 3 is 2.61 bits per heavy atom. The molecular formula is C28H32FN5O4. The molecule has 2 aromatic carbocycles. The third-order valence-corrected chi connectivity index (χ3v) is 6.71. The van der Waals surface area contributed by atoms with E-state index < -0.39 is 5.60 Å². The summed E-state index contributed by atoms with van der Waals surface area (Å²) >= 11 is 0. The van der Waals surface area contributed by atoms with Crippen molar-refractivity contribution in [1.29, 1.82) is 0 Å². The van der Waals surface area contributed by atoms with Gasteiger partial charge in [-0.1, -0.05) is 6.07 Å². The van der Waals surface area contributed by atoms with Crippen molar-refractivity contribution in [2.75, 3.05) is 20.8 Å². The van der Waals surface area contributed by atoms with Crippen molar-refractivity contribution >= 4 is 12.2 Å². The van der Waals surface area contributed by atoms with E-state index in [1.165, 1.54) is 20.3 Å². The van der Waals surface area contributed by atoms with E-state index in [1.54, 1.807) is 49.4 Å². The van der Waals surface area contributed by atoms with E-state index in [1.807, 2.05) is 0 Å². The number of hydrogen-bond donors (Lipinski definition) is 4. The van der Waals surface area contributed by atoms with Gasteiger partial charge in [-0.25, -0.2) is 9.37 Å². The third-order valence-electron chi connectivity index (χ3n) is 6.71. The molecule has 0 saturated heterocycles. The van der Waals surface area contributed by atoms with Crippen molar-refractivity contribution in [2.45, 2.75) is 31.9 Å². The number of nitrogens with zero attached hydrogens (tertiary/aromatic N) is 2. The van der Waals surface area contributed by atoms with E-state index in [4.69, 9.17) is 20.2 Å². The van der Waals surface area contributed by atoms with E-state index in [0.29, 0.717) is 46.1 Å². The number of nitrogens with two attached hydrogens (primary N) is 1. The van der Waals surface area contributed by atoms with Crippen LogP contribution in [-0.2, 0) is 12.1 Å². The molecule has 1 saturated carbocycles. The first-order valence-electron chi connectivity index (χ1n) is 12.3. The largest absolute Gasteiger partial charge is 0.496 e. The fourth-order valence-corrected chi connectivity index (χ4v) is 4.39. The van der Waals surface area contributed by atoms with Crippen molar-refractivity contribution in [2.24, 2.45) is 16.8 Å². The van der Waals surface area contributed by atoms with E-state index in [-0.39, 0.29) is 24.2 Å². The summed E-state index contributed by atoms with van der Waals surface area (Å²) < 4.78 is 24.8.